The van der Waals surface area contributed by atoms with Gasteiger partial charge >= 0.3 is 0 Å². The Labute approximate surface area is 211 Å². The summed E-state index contributed by atoms with van der Waals surface area (Å²) >= 11 is 0. The van der Waals surface area contributed by atoms with E-state index in [0.717, 1.165) is 44.4 Å². The molecule has 1 saturated heterocycles. The second-order valence-corrected chi connectivity index (χ2v) is 9.78. The average molecular weight is 492 g/mol. The highest BCUT2D eigenvalue weighted by Crippen LogP contribution is 2.32. The molecule has 2 aromatic carbocycles. The largest absolute Gasteiger partial charge is 0.494 e. The van der Waals surface area contributed by atoms with Crippen LogP contribution in [0.3, 0.4) is 0 Å². The van der Waals surface area contributed by atoms with E-state index in [4.69, 9.17) is 9.47 Å². The number of nitrogens with zero attached hydrogens (tertiary/aromatic N) is 3. The minimum atomic E-state index is -0.236. The highest BCUT2D eigenvalue weighted by molar-refractivity contribution is 6.01. The van der Waals surface area contributed by atoms with Crippen LogP contribution in [0.5, 0.6) is 11.5 Å². The third kappa shape index (κ3) is 5.17. The van der Waals surface area contributed by atoms with Crippen molar-refractivity contribution < 1.29 is 23.9 Å². The number of rotatable bonds is 1. The molecular weight excluding hydrogens is 458 g/mol. The Hall–Kier alpha value is -3.55. The number of carbonyl (C=O) groups is 3. The zero-order chi connectivity index (χ0) is 25.1. The van der Waals surface area contributed by atoms with Crippen molar-refractivity contribution in [1.82, 2.24) is 9.80 Å². The Balaban J connectivity index is 1.40. The molecule has 3 amide bonds. The molecule has 2 bridgehead atoms. The van der Waals surface area contributed by atoms with Crippen LogP contribution in [0.2, 0.25) is 0 Å². The van der Waals surface area contributed by atoms with Gasteiger partial charge in [0.05, 0.1) is 12.3 Å². The summed E-state index contributed by atoms with van der Waals surface area (Å²) in [5, 5.41) is 0. The molecule has 1 fully saturated rings. The Kier molecular flexibility index (Phi) is 7.11. The first kappa shape index (κ1) is 24.2. The van der Waals surface area contributed by atoms with E-state index in [1.54, 1.807) is 30.1 Å². The van der Waals surface area contributed by atoms with Gasteiger partial charge in [0, 0.05) is 31.7 Å². The number of amides is 3. The summed E-state index contributed by atoms with van der Waals surface area (Å²) in [7, 11) is 1.67. The molecule has 0 radical (unpaired) electrons. The Bertz CT molecular complexity index is 1150. The number of aryl methyl sites for hydroxylation is 1. The lowest BCUT2D eigenvalue weighted by atomic mass is 9.95. The SMILES string of the molecule is CN1C(=O)COc2ccc(C(=O)N3CCCOc4cccc(c4)CCC4CCCCN4C(=O)C3)cc21. The van der Waals surface area contributed by atoms with Gasteiger partial charge in [-0.25, -0.2) is 0 Å². The summed E-state index contributed by atoms with van der Waals surface area (Å²) in [6, 6.07) is 13.4. The number of hydrogen-bond acceptors (Lipinski definition) is 5. The maximum atomic E-state index is 13.6. The maximum Gasteiger partial charge on any atom is 0.264 e. The fraction of sp³-hybridized carbons (Fsp3) is 0.464. The van der Waals surface area contributed by atoms with E-state index < -0.39 is 0 Å². The summed E-state index contributed by atoms with van der Waals surface area (Å²) in [6.07, 6.45) is 5.47. The van der Waals surface area contributed by atoms with E-state index in [-0.39, 0.29) is 36.9 Å². The highest BCUT2D eigenvalue weighted by Gasteiger charge is 2.30. The van der Waals surface area contributed by atoms with Crippen molar-refractivity contribution in [3.63, 3.8) is 0 Å². The number of ether oxygens (including phenoxy) is 2. The van der Waals surface area contributed by atoms with E-state index >= 15 is 0 Å². The van der Waals surface area contributed by atoms with Crippen LogP contribution in [-0.4, -0.2) is 73.5 Å². The van der Waals surface area contributed by atoms with Gasteiger partial charge in [-0.3, -0.25) is 14.4 Å². The van der Waals surface area contributed by atoms with Gasteiger partial charge in [-0.05, 0) is 74.4 Å². The van der Waals surface area contributed by atoms with E-state index in [1.165, 1.54) is 10.5 Å². The second kappa shape index (κ2) is 10.6. The van der Waals surface area contributed by atoms with Gasteiger partial charge in [-0.2, -0.15) is 0 Å². The molecule has 0 spiro atoms. The first-order chi connectivity index (χ1) is 17.5. The molecule has 0 N–H and O–H groups in total. The van der Waals surface area contributed by atoms with Crippen molar-refractivity contribution >= 4 is 23.4 Å². The normalized spacial score (nSPS) is 21.0. The first-order valence-electron chi connectivity index (χ1n) is 12.8. The molecule has 3 aliphatic rings. The summed E-state index contributed by atoms with van der Waals surface area (Å²) < 4.78 is 11.5. The number of hydrogen-bond donors (Lipinski definition) is 0. The summed E-state index contributed by atoms with van der Waals surface area (Å²) in [4.78, 5) is 44.3. The number of anilines is 1. The van der Waals surface area contributed by atoms with Crippen molar-refractivity contribution in [2.75, 3.05) is 44.8 Å². The number of fused-ring (bicyclic) bond motifs is 4. The van der Waals surface area contributed by atoms with Crippen LogP contribution in [0.25, 0.3) is 0 Å². The number of benzene rings is 2. The molecule has 3 aliphatic heterocycles. The predicted octanol–water partition coefficient (Wildman–Crippen LogP) is 3.28. The van der Waals surface area contributed by atoms with E-state index in [2.05, 4.69) is 12.1 Å². The molecular formula is C28H33N3O5. The fourth-order valence-electron chi connectivity index (χ4n) is 5.29. The van der Waals surface area contributed by atoms with Gasteiger partial charge in [0.2, 0.25) is 5.91 Å². The van der Waals surface area contributed by atoms with Crippen molar-refractivity contribution in [3.05, 3.63) is 53.6 Å². The lowest BCUT2D eigenvalue weighted by Crippen LogP contribution is -2.49. The number of piperidine rings is 1. The standard InChI is InChI=1S/C28H33N3O5/c1-29-24-17-21(10-12-25(24)36-19-27(29)33)28(34)30-13-5-15-35-23-8-4-6-20(16-23)9-11-22-7-2-3-14-31(22)26(32)18-30/h4,6,8,10,12,16-17,22H,2-3,5,7,9,11,13-15,18-19H2,1H3. The minimum Gasteiger partial charge on any atom is -0.494 e. The van der Waals surface area contributed by atoms with Gasteiger partial charge in [0.25, 0.3) is 11.8 Å². The molecule has 5 rings (SSSR count). The molecule has 3 heterocycles. The summed E-state index contributed by atoms with van der Waals surface area (Å²) in [5.74, 6) is 0.991. The van der Waals surface area contributed by atoms with Crippen molar-refractivity contribution in [3.8, 4) is 11.5 Å². The van der Waals surface area contributed by atoms with Gasteiger partial charge in [-0.15, -0.1) is 0 Å². The topological polar surface area (TPSA) is 79.4 Å². The summed E-state index contributed by atoms with van der Waals surface area (Å²) in [5.41, 5.74) is 2.21. The maximum absolute atomic E-state index is 13.6. The molecule has 8 nitrogen and oxygen atoms in total. The Morgan fingerprint density at radius 2 is 1.83 bits per heavy atom. The van der Waals surface area contributed by atoms with Gasteiger partial charge in [0.1, 0.15) is 18.0 Å². The quantitative estimate of drug-likeness (QED) is 0.612. The van der Waals surface area contributed by atoms with E-state index in [0.29, 0.717) is 36.6 Å². The predicted molar refractivity (Wildman–Crippen MR) is 135 cm³/mol. The summed E-state index contributed by atoms with van der Waals surface area (Å²) in [6.45, 7) is 1.59. The zero-order valence-corrected chi connectivity index (χ0v) is 20.8. The average Bonchev–Trinajstić information content (AvgIpc) is 2.90. The van der Waals surface area contributed by atoms with E-state index in [9.17, 15) is 14.4 Å². The van der Waals surface area contributed by atoms with Gasteiger partial charge < -0.3 is 24.2 Å². The van der Waals surface area contributed by atoms with Crippen molar-refractivity contribution in [2.24, 2.45) is 0 Å². The molecule has 0 aromatic heterocycles. The molecule has 36 heavy (non-hydrogen) atoms. The lowest BCUT2D eigenvalue weighted by Gasteiger charge is -2.37. The highest BCUT2D eigenvalue weighted by atomic mass is 16.5. The smallest absolute Gasteiger partial charge is 0.264 e. The Morgan fingerprint density at radius 1 is 0.944 bits per heavy atom. The number of carbonyl (C=O) groups excluding carboxylic acids is 3. The zero-order valence-electron chi connectivity index (χ0n) is 20.8. The molecule has 1 atom stereocenters. The van der Waals surface area contributed by atoms with Gasteiger partial charge in [0.15, 0.2) is 6.61 Å². The van der Waals surface area contributed by atoms with Crippen LogP contribution in [0, 0.1) is 0 Å². The molecule has 8 heteroatoms. The molecule has 2 aromatic rings. The molecule has 0 aliphatic carbocycles. The molecule has 0 saturated carbocycles. The van der Waals surface area contributed by atoms with Crippen LogP contribution in [0.4, 0.5) is 5.69 Å². The second-order valence-electron chi connectivity index (χ2n) is 9.78. The van der Waals surface area contributed by atoms with Crippen LogP contribution >= 0.6 is 0 Å². The van der Waals surface area contributed by atoms with Crippen LogP contribution in [-0.2, 0) is 16.0 Å². The van der Waals surface area contributed by atoms with Gasteiger partial charge in [-0.1, -0.05) is 12.1 Å². The third-order valence-corrected chi connectivity index (χ3v) is 7.36. The van der Waals surface area contributed by atoms with Crippen molar-refractivity contribution in [1.29, 1.82) is 0 Å². The first-order valence-corrected chi connectivity index (χ1v) is 12.8. The van der Waals surface area contributed by atoms with Crippen LogP contribution in [0.15, 0.2) is 42.5 Å². The molecule has 1 unspecified atom stereocenters. The van der Waals surface area contributed by atoms with Crippen molar-refractivity contribution in [2.45, 2.75) is 44.6 Å². The fourth-order valence-corrected chi connectivity index (χ4v) is 5.29. The number of likely N-dealkylation sites (N-methyl/N-ethyl adjacent to an activating group) is 1. The van der Waals surface area contributed by atoms with E-state index in [1.807, 2.05) is 17.0 Å². The monoisotopic (exact) mass is 491 g/mol. The third-order valence-electron chi connectivity index (χ3n) is 7.36. The van der Waals surface area contributed by atoms with Crippen LogP contribution in [0.1, 0.15) is 48.0 Å². The van der Waals surface area contributed by atoms with Crippen LogP contribution < -0.4 is 14.4 Å². The lowest BCUT2D eigenvalue weighted by molar-refractivity contribution is -0.135. The molecule has 190 valence electrons. The Morgan fingerprint density at radius 3 is 2.72 bits per heavy atom. The minimum absolute atomic E-state index is 0.00614.